The molecule has 122 valence electrons. The molecule has 0 unspecified atom stereocenters. The molecule has 4 atom stereocenters. The van der Waals surface area contributed by atoms with Crippen LogP contribution in [-0.2, 0) is 14.4 Å². The number of carbonyl (C=O) groups excluding carboxylic acids is 3. The fourth-order valence-electron chi connectivity index (χ4n) is 5.05. The van der Waals surface area contributed by atoms with Gasteiger partial charge in [-0.3, -0.25) is 14.4 Å². The Morgan fingerprint density at radius 3 is 2.50 bits per heavy atom. The molecule has 0 spiro atoms. The molecule has 3 fully saturated rings. The van der Waals surface area contributed by atoms with Gasteiger partial charge in [0.05, 0.1) is 12.6 Å². The second-order valence-corrected chi connectivity index (χ2v) is 7.21. The van der Waals surface area contributed by atoms with Gasteiger partial charge in [0, 0.05) is 37.9 Å². The number of piperidine rings is 1. The molecule has 3 rings (SSSR count). The van der Waals surface area contributed by atoms with Gasteiger partial charge in [0.1, 0.15) is 0 Å². The summed E-state index contributed by atoms with van der Waals surface area (Å²) in [6.07, 6.45) is 4.07. The zero-order valence-electron chi connectivity index (χ0n) is 13.6. The first-order valence-electron chi connectivity index (χ1n) is 8.17. The standard InChI is InChI=1S/C16H25N3O3/c1-10(20)17-8-15(22)18-9-12-7-16(3)13(18)5-4-6-14(16)19(12)11(2)21/h12-14H,4-9H2,1-3H3,(H,17,20)/t12-,13+,14-,16+/m0/s1. The van der Waals surface area contributed by atoms with Crippen LogP contribution in [0.1, 0.15) is 46.5 Å². The van der Waals surface area contributed by atoms with Crippen LogP contribution in [0.5, 0.6) is 0 Å². The van der Waals surface area contributed by atoms with Crippen LogP contribution in [0.4, 0.5) is 0 Å². The topological polar surface area (TPSA) is 69.7 Å². The summed E-state index contributed by atoms with van der Waals surface area (Å²) in [4.78, 5) is 39.6. The van der Waals surface area contributed by atoms with Gasteiger partial charge in [-0.2, -0.15) is 0 Å². The Kier molecular flexibility index (Phi) is 3.65. The summed E-state index contributed by atoms with van der Waals surface area (Å²) in [6, 6.07) is 0.573. The number of rotatable bonds is 2. The third-order valence-electron chi connectivity index (χ3n) is 5.84. The Morgan fingerprint density at radius 2 is 1.86 bits per heavy atom. The monoisotopic (exact) mass is 307 g/mol. The summed E-state index contributed by atoms with van der Waals surface area (Å²) < 4.78 is 0. The number of nitrogens with zero attached hydrogens (tertiary/aromatic N) is 2. The van der Waals surface area contributed by atoms with E-state index >= 15 is 0 Å². The molecule has 1 N–H and O–H groups in total. The van der Waals surface area contributed by atoms with E-state index in [1.54, 1.807) is 6.92 Å². The Hall–Kier alpha value is -1.59. The normalized spacial score (nSPS) is 36.2. The summed E-state index contributed by atoms with van der Waals surface area (Å²) in [5.74, 6) is -0.0934. The van der Waals surface area contributed by atoms with Crippen LogP contribution in [0, 0.1) is 5.41 Å². The van der Waals surface area contributed by atoms with Crippen molar-refractivity contribution in [2.24, 2.45) is 5.41 Å². The summed E-state index contributed by atoms with van der Waals surface area (Å²) in [5.41, 5.74) is -0.00127. The maximum Gasteiger partial charge on any atom is 0.242 e. The largest absolute Gasteiger partial charge is 0.347 e. The van der Waals surface area contributed by atoms with Crippen molar-refractivity contribution in [2.45, 2.75) is 64.6 Å². The molecule has 2 bridgehead atoms. The highest BCUT2D eigenvalue weighted by Crippen LogP contribution is 2.54. The Morgan fingerprint density at radius 1 is 1.18 bits per heavy atom. The average Bonchev–Trinajstić information content (AvgIpc) is 2.73. The van der Waals surface area contributed by atoms with Crippen LogP contribution in [-0.4, -0.2) is 58.7 Å². The molecule has 0 aromatic heterocycles. The van der Waals surface area contributed by atoms with Crippen LogP contribution in [0.3, 0.4) is 0 Å². The first-order valence-corrected chi connectivity index (χ1v) is 8.17. The number of carbonyl (C=O) groups is 3. The molecule has 1 saturated carbocycles. The molecule has 0 radical (unpaired) electrons. The zero-order valence-corrected chi connectivity index (χ0v) is 13.6. The molecule has 3 amide bonds. The number of likely N-dealkylation sites (tertiary alicyclic amines) is 2. The maximum absolute atomic E-state index is 12.5. The van der Waals surface area contributed by atoms with Gasteiger partial charge < -0.3 is 15.1 Å². The van der Waals surface area contributed by atoms with Gasteiger partial charge in [-0.25, -0.2) is 0 Å². The molecule has 0 aromatic carbocycles. The number of hydrogen-bond donors (Lipinski definition) is 1. The van der Waals surface area contributed by atoms with Gasteiger partial charge in [-0.1, -0.05) is 6.92 Å². The van der Waals surface area contributed by atoms with E-state index < -0.39 is 0 Å². The highest BCUT2D eigenvalue weighted by molar-refractivity contribution is 5.84. The van der Waals surface area contributed by atoms with E-state index in [-0.39, 0.29) is 47.8 Å². The van der Waals surface area contributed by atoms with E-state index in [4.69, 9.17) is 0 Å². The first-order chi connectivity index (χ1) is 10.3. The van der Waals surface area contributed by atoms with E-state index in [0.29, 0.717) is 6.54 Å². The Labute approximate surface area is 131 Å². The molecule has 2 heterocycles. The van der Waals surface area contributed by atoms with E-state index in [2.05, 4.69) is 12.2 Å². The Bertz CT molecular complexity index is 521. The minimum Gasteiger partial charge on any atom is -0.347 e. The third kappa shape index (κ3) is 2.20. The molecule has 3 aliphatic rings. The predicted molar refractivity (Wildman–Crippen MR) is 80.9 cm³/mol. The first kappa shape index (κ1) is 15.3. The zero-order chi connectivity index (χ0) is 16.1. The summed E-state index contributed by atoms with van der Waals surface area (Å²) in [6.45, 7) is 5.95. The maximum atomic E-state index is 12.5. The number of nitrogens with one attached hydrogen (secondary N) is 1. The van der Waals surface area contributed by atoms with Crippen molar-refractivity contribution < 1.29 is 14.4 Å². The number of hydrogen-bond acceptors (Lipinski definition) is 3. The fraction of sp³-hybridized carbons (Fsp3) is 0.812. The van der Waals surface area contributed by atoms with Crippen LogP contribution < -0.4 is 5.32 Å². The quantitative estimate of drug-likeness (QED) is 0.808. The van der Waals surface area contributed by atoms with Crippen molar-refractivity contribution in [1.29, 1.82) is 0 Å². The van der Waals surface area contributed by atoms with Crippen LogP contribution in [0.15, 0.2) is 0 Å². The third-order valence-corrected chi connectivity index (χ3v) is 5.84. The number of amides is 3. The van der Waals surface area contributed by atoms with Gasteiger partial charge in [0.2, 0.25) is 17.7 Å². The summed E-state index contributed by atoms with van der Waals surface area (Å²) in [7, 11) is 0. The van der Waals surface area contributed by atoms with Crippen molar-refractivity contribution in [3.63, 3.8) is 0 Å². The average molecular weight is 307 g/mol. The summed E-state index contributed by atoms with van der Waals surface area (Å²) >= 11 is 0. The molecule has 6 nitrogen and oxygen atoms in total. The fourth-order valence-corrected chi connectivity index (χ4v) is 5.05. The lowest BCUT2D eigenvalue weighted by molar-refractivity contribution is -0.140. The second-order valence-electron chi connectivity index (χ2n) is 7.21. The van der Waals surface area contributed by atoms with Gasteiger partial charge in [0.15, 0.2) is 0 Å². The SMILES string of the molecule is CC(=O)NCC(=O)N1C[C@@H]2C[C@@]3(C)[C@H](CCC[C@@H]13)N2C(C)=O. The van der Waals surface area contributed by atoms with Crippen molar-refractivity contribution in [2.75, 3.05) is 13.1 Å². The lowest BCUT2D eigenvalue weighted by Gasteiger charge is -2.49. The Balaban J connectivity index is 1.85. The molecule has 22 heavy (non-hydrogen) atoms. The van der Waals surface area contributed by atoms with Gasteiger partial charge in [-0.15, -0.1) is 0 Å². The number of fused-ring (bicyclic) bond motifs is 1. The van der Waals surface area contributed by atoms with Crippen molar-refractivity contribution >= 4 is 17.7 Å². The van der Waals surface area contributed by atoms with Gasteiger partial charge in [0.25, 0.3) is 0 Å². The van der Waals surface area contributed by atoms with E-state index in [9.17, 15) is 14.4 Å². The van der Waals surface area contributed by atoms with Crippen LogP contribution >= 0.6 is 0 Å². The van der Waals surface area contributed by atoms with Crippen molar-refractivity contribution in [3.8, 4) is 0 Å². The van der Waals surface area contributed by atoms with E-state index in [1.807, 2.05) is 9.80 Å². The smallest absolute Gasteiger partial charge is 0.242 e. The summed E-state index contributed by atoms with van der Waals surface area (Å²) in [5, 5.41) is 2.60. The van der Waals surface area contributed by atoms with Gasteiger partial charge >= 0.3 is 0 Å². The van der Waals surface area contributed by atoms with E-state index in [0.717, 1.165) is 25.7 Å². The van der Waals surface area contributed by atoms with E-state index in [1.165, 1.54) is 6.92 Å². The minimum absolute atomic E-state index is 0.00127. The molecular weight excluding hydrogens is 282 g/mol. The lowest BCUT2D eigenvalue weighted by Crippen LogP contribution is -2.59. The lowest BCUT2D eigenvalue weighted by atomic mass is 9.66. The van der Waals surface area contributed by atoms with Crippen LogP contribution in [0.25, 0.3) is 0 Å². The molecule has 0 aromatic rings. The van der Waals surface area contributed by atoms with Gasteiger partial charge in [-0.05, 0) is 25.7 Å². The highest BCUT2D eigenvalue weighted by atomic mass is 16.2. The molecule has 2 saturated heterocycles. The molecule has 2 aliphatic heterocycles. The predicted octanol–water partition coefficient (Wildman–Crippen LogP) is 0.513. The molecular formula is C16H25N3O3. The highest BCUT2D eigenvalue weighted by Gasteiger charge is 2.60. The van der Waals surface area contributed by atoms with Crippen molar-refractivity contribution in [3.05, 3.63) is 0 Å². The minimum atomic E-state index is -0.188. The second kappa shape index (κ2) is 5.25. The van der Waals surface area contributed by atoms with Crippen LogP contribution in [0.2, 0.25) is 0 Å². The van der Waals surface area contributed by atoms with Crippen molar-refractivity contribution in [1.82, 2.24) is 15.1 Å². The molecule has 6 heteroatoms. The molecule has 1 aliphatic carbocycles.